The zero-order valence-electron chi connectivity index (χ0n) is 13.9. The van der Waals surface area contributed by atoms with Gasteiger partial charge in [0.1, 0.15) is 5.78 Å². The van der Waals surface area contributed by atoms with E-state index >= 15 is 0 Å². The highest BCUT2D eigenvalue weighted by Gasteiger charge is 2.17. The maximum Gasteiger partial charge on any atom is 0.250 e. The van der Waals surface area contributed by atoms with E-state index in [-0.39, 0.29) is 11.7 Å². The minimum atomic E-state index is -0.186. The van der Waals surface area contributed by atoms with Gasteiger partial charge >= 0.3 is 0 Å². The zero-order valence-corrected chi connectivity index (χ0v) is 13.9. The molecule has 4 nitrogen and oxygen atoms in total. The molecular weight excluding hydrogens is 300 g/mol. The fourth-order valence-corrected chi connectivity index (χ4v) is 3.17. The zero-order chi connectivity index (χ0) is 16.9. The molecular formula is C20H22N2O2. The van der Waals surface area contributed by atoms with Crippen molar-refractivity contribution in [1.82, 2.24) is 4.90 Å². The van der Waals surface area contributed by atoms with Crippen molar-refractivity contribution in [2.24, 2.45) is 0 Å². The Morgan fingerprint density at radius 1 is 1.08 bits per heavy atom. The molecule has 1 heterocycles. The number of anilines is 1. The highest BCUT2D eigenvalue weighted by atomic mass is 16.1. The number of ketones is 1. The summed E-state index contributed by atoms with van der Waals surface area (Å²) in [5.74, 6) is -0.111. The second-order valence-corrected chi connectivity index (χ2v) is 6.22. The second-order valence-electron chi connectivity index (χ2n) is 6.22. The molecule has 2 aromatic rings. The molecule has 0 bridgehead atoms. The van der Waals surface area contributed by atoms with E-state index in [2.05, 4.69) is 10.2 Å². The molecule has 2 aromatic carbocycles. The molecule has 1 saturated heterocycles. The third kappa shape index (κ3) is 3.82. The molecule has 0 aromatic heterocycles. The Labute approximate surface area is 142 Å². The van der Waals surface area contributed by atoms with Gasteiger partial charge in [0.05, 0.1) is 0 Å². The number of rotatable bonds is 5. The summed E-state index contributed by atoms with van der Waals surface area (Å²) < 4.78 is 0. The topological polar surface area (TPSA) is 49.4 Å². The number of fused-ring (bicyclic) bond motifs is 1. The van der Waals surface area contributed by atoms with E-state index in [0.29, 0.717) is 6.42 Å². The first-order valence-corrected chi connectivity index (χ1v) is 8.37. The van der Waals surface area contributed by atoms with E-state index in [9.17, 15) is 9.59 Å². The van der Waals surface area contributed by atoms with Gasteiger partial charge in [-0.25, -0.2) is 0 Å². The number of nitrogens with zero attached hydrogens (tertiary/aromatic N) is 1. The summed E-state index contributed by atoms with van der Waals surface area (Å²) in [6, 6.07) is 13.8. The van der Waals surface area contributed by atoms with E-state index in [0.717, 1.165) is 48.1 Å². The average Bonchev–Trinajstić information content (AvgIpc) is 3.08. The van der Waals surface area contributed by atoms with E-state index in [1.54, 1.807) is 13.0 Å². The summed E-state index contributed by atoms with van der Waals surface area (Å²) in [7, 11) is 0. The fourth-order valence-electron chi connectivity index (χ4n) is 3.17. The molecule has 0 spiro atoms. The van der Waals surface area contributed by atoms with Crippen LogP contribution in [0.25, 0.3) is 10.8 Å². The number of Topliss-reactive ketones (excluding diaryl/α,β-unsaturated/α-hetero) is 1. The van der Waals surface area contributed by atoms with Gasteiger partial charge in [0.25, 0.3) is 0 Å². The Morgan fingerprint density at radius 3 is 2.54 bits per heavy atom. The van der Waals surface area contributed by atoms with Crippen LogP contribution >= 0.6 is 0 Å². The van der Waals surface area contributed by atoms with Crippen molar-refractivity contribution in [3.8, 4) is 0 Å². The molecule has 1 aliphatic heterocycles. The molecule has 1 N–H and O–H groups in total. The minimum Gasteiger partial charge on any atom is -0.374 e. The number of likely N-dealkylation sites (tertiary alicyclic amines) is 1. The van der Waals surface area contributed by atoms with Crippen LogP contribution in [0.4, 0.5) is 5.69 Å². The molecule has 1 fully saturated rings. The van der Waals surface area contributed by atoms with Crippen molar-refractivity contribution in [3.63, 3.8) is 0 Å². The number of benzene rings is 2. The van der Waals surface area contributed by atoms with Gasteiger partial charge in [-0.2, -0.15) is 0 Å². The summed E-state index contributed by atoms with van der Waals surface area (Å²) in [6.07, 6.45) is 4.11. The van der Waals surface area contributed by atoms with Crippen LogP contribution in [0.1, 0.15) is 26.2 Å². The Morgan fingerprint density at radius 2 is 1.79 bits per heavy atom. The molecule has 0 aliphatic carbocycles. The van der Waals surface area contributed by atoms with Crippen LogP contribution < -0.4 is 5.32 Å². The number of hydrogen-bond acceptors (Lipinski definition) is 3. The summed E-state index contributed by atoms with van der Waals surface area (Å²) >= 11 is 0. The molecule has 124 valence electrons. The molecule has 1 amide bonds. The lowest BCUT2D eigenvalue weighted by Crippen LogP contribution is -2.22. The van der Waals surface area contributed by atoms with Gasteiger partial charge in [-0.15, -0.1) is 0 Å². The first-order chi connectivity index (χ1) is 11.6. The molecule has 0 unspecified atom stereocenters. The number of carbonyl (C=O) groups is 2. The van der Waals surface area contributed by atoms with Crippen molar-refractivity contribution in [3.05, 3.63) is 54.2 Å². The number of nitrogens with one attached hydrogen (secondary N) is 1. The standard InChI is InChI=1S/C20H22N2O2/c1-15(23)13-17(22-11-4-5-12-22)14-20(24)21-19-10-6-8-16-7-2-3-9-18(16)19/h2-3,6-10,14H,4-5,11-13H2,1H3,(H,21,24)/b17-14-. The van der Waals surface area contributed by atoms with Crippen LogP contribution in [-0.4, -0.2) is 29.7 Å². The van der Waals surface area contributed by atoms with Crippen molar-refractivity contribution >= 4 is 28.2 Å². The van der Waals surface area contributed by atoms with Gasteiger partial charge in [-0.05, 0) is 31.2 Å². The molecule has 0 atom stereocenters. The second kappa shape index (κ2) is 7.30. The third-order valence-corrected chi connectivity index (χ3v) is 4.29. The fraction of sp³-hybridized carbons (Fsp3) is 0.300. The predicted molar refractivity (Wildman–Crippen MR) is 96.8 cm³/mol. The van der Waals surface area contributed by atoms with E-state index in [1.165, 1.54) is 0 Å². The lowest BCUT2D eigenvalue weighted by molar-refractivity contribution is -0.116. The van der Waals surface area contributed by atoms with Gasteiger partial charge in [0, 0.05) is 42.4 Å². The summed E-state index contributed by atoms with van der Waals surface area (Å²) in [6.45, 7) is 3.40. The van der Waals surface area contributed by atoms with Crippen molar-refractivity contribution in [2.75, 3.05) is 18.4 Å². The summed E-state index contributed by atoms with van der Waals surface area (Å²) in [4.78, 5) is 26.1. The highest BCUT2D eigenvalue weighted by Crippen LogP contribution is 2.23. The van der Waals surface area contributed by atoms with Crippen LogP contribution in [-0.2, 0) is 9.59 Å². The summed E-state index contributed by atoms with van der Waals surface area (Å²) in [5, 5.41) is 5.05. The SMILES string of the molecule is CC(=O)C/C(=C/C(=O)Nc1cccc2ccccc12)N1CCCC1. The number of carbonyl (C=O) groups excluding carboxylic acids is 2. The Balaban J connectivity index is 1.82. The van der Waals surface area contributed by atoms with E-state index in [1.807, 2.05) is 42.5 Å². The van der Waals surface area contributed by atoms with Crippen LogP contribution in [0.3, 0.4) is 0 Å². The van der Waals surface area contributed by atoms with Gasteiger partial charge < -0.3 is 10.2 Å². The van der Waals surface area contributed by atoms with Gasteiger partial charge in [0.15, 0.2) is 0 Å². The van der Waals surface area contributed by atoms with Crippen LogP contribution in [0.15, 0.2) is 54.2 Å². The van der Waals surface area contributed by atoms with Crippen LogP contribution in [0.2, 0.25) is 0 Å². The molecule has 0 saturated carbocycles. The monoisotopic (exact) mass is 322 g/mol. The quantitative estimate of drug-likeness (QED) is 0.853. The minimum absolute atomic E-state index is 0.0751. The highest BCUT2D eigenvalue weighted by molar-refractivity contribution is 6.06. The van der Waals surface area contributed by atoms with E-state index in [4.69, 9.17) is 0 Å². The number of amides is 1. The van der Waals surface area contributed by atoms with Crippen molar-refractivity contribution < 1.29 is 9.59 Å². The molecule has 0 radical (unpaired) electrons. The Kier molecular flexibility index (Phi) is 4.94. The first-order valence-electron chi connectivity index (χ1n) is 8.37. The normalized spacial score (nSPS) is 14.9. The van der Waals surface area contributed by atoms with Crippen LogP contribution in [0, 0.1) is 0 Å². The molecule has 24 heavy (non-hydrogen) atoms. The van der Waals surface area contributed by atoms with Crippen LogP contribution in [0.5, 0.6) is 0 Å². The third-order valence-electron chi connectivity index (χ3n) is 4.29. The van der Waals surface area contributed by atoms with E-state index < -0.39 is 0 Å². The number of allylic oxidation sites excluding steroid dienone is 1. The maximum absolute atomic E-state index is 12.5. The van der Waals surface area contributed by atoms with Crippen molar-refractivity contribution in [1.29, 1.82) is 0 Å². The van der Waals surface area contributed by atoms with Gasteiger partial charge in [-0.1, -0.05) is 36.4 Å². The molecule has 1 aliphatic rings. The largest absolute Gasteiger partial charge is 0.374 e. The Hall–Kier alpha value is -2.62. The van der Waals surface area contributed by atoms with Gasteiger partial charge in [0.2, 0.25) is 5.91 Å². The smallest absolute Gasteiger partial charge is 0.250 e. The lowest BCUT2D eigenvalue weighted by atomic mass is 10.1. The predicted octanol–water partition coefficient (Wildman–Crippen LogP) is 3.74. The van der Waals surface area contributed by atoms with Crippen molar-refractivity contribution in [2.45, 2.75) is 26.2 Å². The molecule has 3 rings (SSSR count). The summed E-state index contributed by atoms with van der Waals surface area (Å²) in [5.41, 5.74) is 1.61. The maximum atomic E-state index is 12.5. The average molecular weight is 322 g/mol. The number of hydrogen-bond donors (Lipinski definition) is 1. The molecule has 4 heteroatoms. The van der Waals surface area contributed by atoms with Gasteiger partial charge in [-0.3, -0.25) is 9.59 Å². The first kappa shape index (κ1) is 16.2. The lowest BCUT2D eigenvalue weighted by Gasteiger charge is -2.20. The Bertz CT molecular complexity index is 784.